The monoisotopic (exact) mass is 263 g/mol. The molecule has 0 aliphatic rings. The van der Waals surface area contributed by atoms with Crippen LogP contribution in [-0.4, -0.2) is 15.0 Å². The number of fused-ring (bicyclic) bond motifs is 1. The van der Waals surface area contributed by atoms with E-state index < -0.39 is 0 Å². The van der Waals surface area contributed by atoms with Crippen molar-refractivity contribution in [2.24, 2.45) is 0 Å². The molecule has 3 nitrogen and oxygen atoms in total. The highest BCUT2D eigenvalue weighted by Gasteiger charge is 2.09. The minimum atomic E-state index is 0.634. The first kappa shape index (κ1) is 10.6. The number of benzene rings is 2. The van der Waals surface area contributed by atoms with Gasteiger partial charge in [-0.15, -0.1) is 5.10 Å². The summed E-state index contributed by atoms with van der Waals surface area (Å²) in [6, 6.07) is 13.0. The second kappa shape index (κ2) is 4.02. The van der Waals surface area contributed by atoms with Crippen LogP contribution < -0.4 is 0 Å². The Morgan fingerprint density at radius 3 is 2.65 bits per heavy atom. The first-order chi connectivity index (χ1) is 8.25. The maximum absolute atomic E-state index is 6.13. The molecule has 0 unspecified atom stereocenters. The second-order valence-corrected chi connectivity index (χ2v) is 4.43. The van der Waals surface area contributed by atoms with Crippen molar-refractivity contribution in [1.29, 1.82) is 0 Å². The molecule has 84 valence electrons. The van der Waals surface area contributed by atoms with E-state index in [1.54, 1.807) is 16.8 Å². The van der Waals surface area contributed by atoms with E-state index in [0.717, 1.165) is 16.7 Å². The largest absolute Gasteiger partial charge is 0.211 e. The zero-order valence-electron chi connectivity index (χ0n) is 8.64. The Hall–Kier alpha value is -1.58. The van der Waals surface area contributed by atoms with Crippen LogP contribution in [-0.2, 0) is 0 Å². The van der Waals surface area contributed by atoms with Crippen LogP contribution in [0.5, 0.6) is 0 Å². The fourth-order valence-electron chi connectivity index (χ4n) is 1.70. The van der Waals surface area contributed by atoms with Gasteiger partial charge in [0, 0.05) is 5.02 Å². The lowest BCUT2D eigenvalue weighted by molar-refractivity contribution is 0.824. The molecule has 0 atom stereocenters. The van der Waals surface area contributed by atoms with Gasteiger partial charge in [-0.25, -0.2) is 4.68 Å². The van der Waals surface area contributed by atoms with Gasteiger partial charge in [-0.05, 0) is 30.3 Å². The van der Waals surface area contributed by atoms with Crippen LogP contribution in [0.1, 0.15) is 0 Å². The van der Waals surface area contributed by atoms with Gasteiger partial charge in [0.25, 0.3) is 0 Å². The van der Waals surface area contributed by atoms with E-state index >= 15 is 0 Å². The summed E-state index contributed by atoms with van der Waals surface area (Å²) in [5.74, 6) is 0. The van der Waals surface area contributed by atoms with E-state index in [-0.39, 0.29) is 0 Å². The van der Waals surface area contributed by atoms with Crippen molar-refractivity contribution in [2.75, 3.05) is 0 Å². The molecular formula is C12H7Cl2N3. The van der Waals surface area contributed by atoms with Gasteiger partial charge >= 0.3 is 0 Å². The predicted octanol–water partition coefficient (Wildman–Crippen LogP) is 3.73. The highest BCUT2D eigenvalue weighted by atomic mass is 35.5. The third-order valence-corrected chi connectivity index (χ3v) is 3.04. The van der Waals surface area contributed by atoms with Gasteiger partial charge in [-0.3, -0.25) is 0 Å². The Bertz CT molecular complexity index is 691. The lowest BCUT2D eigenvalue weighted by Crippen LogP contribution is -1.96. The topological polar surface area (TPSA) is 30.7 Å². The fourth-order valence-corrected chi connectivity index (χ4v) is 2.08. The summed E-state index contributed by atoms with van der Waals surface area (Å²) >= 11 is 12.0. The molecule has 3 rings (SSSR count). The molecule has 0 saturated carbocycles. The van der Waals surface area contributed by atoms with Crippen molar-refractivity contribution in [3.8, 4) is 5.69 Å². The smallest absolute Gasteiger partial charge is 0.115 e. The lowest BCUT2D eigenvalue weighted by atomic mass is 10.3. The zero-order valence-corrected chi connectivity index (χ0v) is 10.2. The zero-order chi connectivity index (χ0) is 11.8. The average Bonchev–Trinajstić information content (AvgIpc) is 2.72. The Kier molecular flexibility index (Phi) is 2.50. The predicted molar refractivity (Wildman–Crippen MR) is 68.9 cm³/mol. The van der Waals surface area contributed by atoms with Crippen molar-refractivity contribution >= 4 is 34.2 Å². The van der Waals surface area contributed by atoms with Crippen LogP contribution in [0.25, 0.3) is 16.7 Å². The summed E-state index contributed by atoms with van der Waals surface area (Å²) in [7, 11) is 0. The lowest BCUT2D eigenvalue weighted by Gasteiger charge is -2.03. The van der Waals surface area contributed by atoms with Crippen LogP contribution >= 0.6 is 23.2 Å². The van der Waals surface area contributed by atoms with Crippen molar-refractivity contribution in [1.82, 2.24) is 15.0 Å². The fraction of sp³-hybridized carbons (Fsp3) is 0. The number of hydrogen-bond donors (Lipinski definition) is 0. The maximum Gasteiger partial charge on any atom is 0.115 e. The van der Waals surface area contributed by atoms with Crippen LogP contribution in [0.4, 0.5) is 0 Å². The van der Waals surface area contributed by atoms with Crippen LogP contribution in [0.15, 0.2) is 42.5 Å². The maximum atomic E-state index is 6.13. The SMILES string of the molecule is Clc1ccc2c(c1)nnn2-c1ccccc1Cl. The van der Waals surface area contributed by atoms with E-state index in [1.165, 1.54) is 0 Å². The van der Waals surface area contributed by atoms with E-state index in [4.69, 9.17) is 23.2 Å². The summed E-state index contributed by atoms with van der Waals surface area (Å²) in [5, 5.41) is 9.43. The Labute approximate surface area is 108 Å². The molecule has 0 N–H and O–H groups in total. The third-order valence-electron chi connectivity index (χ3n) is 2.49. The highest BCUT2D eigenvalue weighted by molar-refractivity contribution is 6.32. The molecule has 2 aromatic carbocycles. The van der Waals surface area contributed by atoms with Gasteiger partial charge in [0.05, 0.1) is 16.2 Å². The molecule has 0 amide bonds. The summed E-state index contributed by atoms with van der Waals surface area (Å²) < 4.78 is 1.70. The van der Waals surface area contributed by atoms with Gasteiger partial charge in [-0.1, -0.05) is 40.5 Å². The number of para-hydroxylation sites is 1. The van der Waals surface area contributed by atoms with Crippen molar-refractivity contribution < 1.29 is 0 Å². The van der Waals surface area contributed by atoms with E-state index in [1.807, 2.05) is 30.3 Å². The summed E-state index contributed by atoms with van der Waals surface area (Å²) in [4.78, 5) is 0. The Balaban J connectivity index is 2.29. The molecule has 0 spiro atoms. The minimum absolute atomic E-state index is 0.634. The summed E-state index contributed by atoms with van der Waals surface area (Å²) in [6.45, 7) is 0. The van der Waals surface area contributed by atoms with Crippen LogP contribution in [0.2, 0.25) is 10.0 Å². The van der Waals surface area contributed by atoms with Gasteiger partial charge in [-0.2, -0.15) is 0 Å². The molecular weight excluding hydrogens is 257 g/mol. The average molecular weight is 264 g/mol. The molecule has 1 heterocycles. The standard InChI is InChI=1S/C12H7Cl2N3/c13-8-5-6-12-10(7-8)15-16-17(12)11-4-2-1-3-9(11)14/h1-7H. The Morgan fingerprint density at radius 1 is 1.00 bits per heavy atom. The number of aromatic nitrogens is 3. The number of halogens is 2. The van der Waals surface area contributed by atoms with Gasteiger partial charge in [0.2, 0.25) is 0 Å². The molecule has 0 radical (unpaired) electrons. The second-order valence-electron chi connectivity index (χ2n) is 3.59. The van der Waals surface area contributed by atoms with E-state index in [0.29, 0.717) is 10.0 Å². The van der Waals surface area contributed by atoms with Crippen molar-refractivity contribution in [2.45, 2.75) is 0 Å². The molecule has 1 aromatic heterocycles. The first-order valence-corrected chi connectivity index (χ1v) is 5.77. The van der Waals surface area contributed by atoms with Crippen molar-refractivity contribution in [3.63, 3.8) is 0 Å². The molecule has 0 fully saturated rings. The number of nitrogens with zero attached hydrogens (tertiary/aromatic N) is 3. The molecule has 17 heavy (non-hydrogen) atoms. The molecule has 3 aromatic rings. The molecule has 0 aliphatic carbocycles. The first-order valence-electron chi connectivity index (χ1n) is 5.01. The third kappa shape index (κ3) is 1.77. The van der Waals surface area contributed by atoms with E-state index in [9.17, 15) is 0 Å². The minimum Gasteiger partial charge on any atom is -0.211 e. The van der Waals surface area contributed by atoms with Crippen LogP contribution in [0.3, 0.4) is 0 Å². The van der Waals surface area contributed by atoms with E-state index in [2.05, 4.69) is 10.3 Å². The van der Waals surface area contributed by atoms with Gasteiger partial charge in [0.1, 0.15) is 5.52 Å². The number of hydrogen-bond acceptors (Lipinski definition) is 2. The molecule has 5 heteroatoms. The molecule has 0 aliphatic heterocycles. The summed E-state index contributed by atoms with van der Waals surface area (Å²) in [5.41, 5.74) is 2.43. The summed E-state index contributed by atoms with van der Waals surface area (Å²) in [6.07, 6.45) is 0. The normalized spacial score (nSPS) is 10.9. The van der Waals surface area contributed by atoms with Crippen LogP contribution in [0, 0.1) is 0 Å². The van der Waals surface area contributed by atoms with Gasteiger partial charge < -0.3 is 0 Å². The van der Waals surface area contributed by atoms with Gasteiger partial charge in [0.15, 0.2) is 0 Å². The Morgan fingerprint density at radius 2 is 1.82 bits per heavy atom. The highest BCUT2D eigenvalue weighted by Crippen LogP contribution is 2.24. The van der Waals surface area contributed by atoms with Crippen molar-refractivity contribution in [3.05, 3.63) is 52.5 Å². The number of rotatable bonds is 1. The molecule has 0 saturated heterocycles. The quantitative estimate of drug-likeness (QED) is 0.670. The molecule has 0 bridgehead atoms.